The van der Waals surface area contributed by atoms with Crippen molar-refractivity contribution in [1.82, 2.24) is 0 Å². The lowest BCUT2D eigenvalue weighted by atomic mass is 10.2. The maximum atomic E-state index is 11.9. The summed E-state index contributed by atoms with van der Waals surface area (Å²) < 4.78 is 5.52. The van der Waals surface area contributed by atoms with Crippen LogP contribution in [0.5, 0.6) is 5.75 Å². The van der Waals surface area contributed by atoms with Crippen LogP contribution in [0.4, 0.5) is 5.69 Å². The monoisotopic (exact) mass is 318 g/mol. The van der Waals surface area contributed by atoms with E-state index in [4.69, 9.17) is 10.5 Å². The first-order valence-corrected chi connectivity index (χ1v) is 7.85. The summed E-state index contributed by atoms with van der Waals surface area (Å²) in [5.74, 6) is 1.49. The maximum absolute atomic E-state index is 11.9. The summed E-state index contributed by atoms with van der Waals surface area (Å²) in [6, 6.07) is 6.91. The second kappa shape index (κ2) is 10.8. The molecule has 0 heterocycles. The number of ether oxygens (including phenoxy) is 1. The summed E-state index contributed by atoms with van der Waals surface area (Å²) in [6.07, 6.45) is 3.63. The van der Waals surface area contributed by atoms with Gasteiger partial charge in [-0.3, -0.25) is 4.79 Å². The molecule has 0 unspecified atom stereocenters. The van der Waals surface area contributed by atoms with Gasteiger partial charge in [-0.1, -0.05) is 13.0 Å². The van der Waals surface area contributed by atoms with Crippen LogP contribution in [0.3, 0.4) is 0 Å². The Labute approximate surface area is 131 Å². The van der Waals surface area contributed by atoms with E-state index in [-0.39, 0.29) is 18.3 Å². The second-order valence-corrected chi connectivity index (χ2v) is 5.24. The number of nitrogens with one attached hydrogen (secondary N) is 1. The number of hydrogen-bond donors (Lipinski definition) is 2. The van der Waals surface area contributed by atoms with E-state index in [2.05, 4.69) is 12.2 Å². The molecular formula is C14H23ClN2O2S. The molecule has 0 saturated heterocycles. The molecule has 0 aliphatic carbocycles. The number of carbonyl (C=O) groups excluding carboxylic acids is 1. The molecule has 114 valence electrons. The number of halogens is 1. The molecule has 1 amide bonds. The molecule has 0 spiro atoms. The fourth-order valence-electron chi connectivity index (χ4n) is 1.49. The number of rotatable bonds is 8. The summed E-state index contributed by atoms with van der Waals surface area (Å²) in [5.41, 5.74) is 6.53. The first-order chi connectivity index (χ1) is 9.17. The number of anilines is 1. The fourth-order valence-corrected chi connectivity index (χ4v) is 1.98. The van der Waals surface area contributed by atoms with Gasteiger partial charge in [-0.05, 0) is 37.0 Å². The van der Waals surface area contributed by atoms with Crippen molar-refractivity contribution < 1.29 is 9.53 Å². The van der Waals surface area contributed by atoms with E-state index in [0.717, 1.165) is 23.6 Å². The average Bonchev–Trinajstić information content (AvgIpc) is 2.42. The molecule has 6 heteroatoms. The highest BCUT2D eigenvalue weighted by Crippen LogP contribution is 2.17. The highest BCUT2D eigenvalue weighted by molar-refractivity contribution is 7.98. The molecule has 1 atom stereocenters. The molecule has 3 N–H and O–H groups in total. The number of benzene rings is 1. The Balaban J connectivity index is 0.00000361. The molecule has 0 bridgehead atoms. The Kier molecular flexibility index (Phi) is 10.3. The van der Waals surface area contributed by atoms with Gasteiger partial charge in [-0.25, -0.2) is 0 Å². The average molecular weight is 319 g/mol. The third-order valence-electron chi connectivity index (χ3n) is 2.54. The number of hydrogen-bond acceptors (Lipinski definition) is 4. The van der Waals surface area contributed by atoms with Crippen molar-refractivity contribution in [3.8, 4) is 5.75 Å². The van der Waals surface area contributed by atoms with Gasteiger partial charge in [0, 0.05) is 11.8 Å². The molecule has 4 nitrogen and oxygen atoms in total. The standard InChI is InChI=1S/C14H22N2O2S.ClH/c1-3-8-18-12-6-4-5-11(10-12)16-14(17)13(15)7-9-19-2;/h4-6,10,13H,3,7-9,15H2,1-2H3,(H,16,17);1H/t13-;/m0./s1. The lowest BCUT2D eigenvalue weighted by Crippen LogP contribution is -2.36. The summed E-state index contributed by atoms with van der Waals surface area (Å²) in [4.78, 5) is 11.9. The number of carbonyl (C=O) groups is 1. The van der Waals surface area contributed by atoms with Crippen LogP contribution < -0.4 is 15.8 Å². The topological polar surface area (TPSA) is 64.3 Å². The van der Waals surface area contributed by atoms with Crippen LogP contribution in [0.25, 0.3) is 0 Å². The minimum atomic E-state index is -0.465. The van der Waals surface area contributed by atoms with Gasteiger partial charge in [0.25, 0.3) is 0 Å². The van der Waals surface area contributed by atoms with E-state index in [9.17, 15) is 4.79 Å². The van der Waals surface area contributed by atoms with E-state index in [0.29, 0.717) is 13.0 Å². The van der Waals surface area contributed by atoms with Gasteiger partial charge in [0.1, 0.15) is 5.75 Å². The smallest absolute Gasteiger partial charge is 0.241 e. The molecule has 0 aliphatic heterocycles. The molecule has 1 aromatic rings. The van der Waals surface area contributed by atoms with Crippen molar-refractivity contribution in [1.29, 1.82) is 0 Å². The summed E-state index contributed by atoms with van der Waals surface area (Å²) in [7, 11) is 0. The van der Waals surface area contributed by atoms with Gasteiger partial charge in [-0.2, -0.15) is 11.8 Å². The molecule has 0 fully saturated rings. The highest BCUT2D eigenvalue weighted by Gasteiger charge is 2.13. The summed E-state index contributed by atoms with van der Waals surface area (Å²) in [5, 5.41) is 2.81. The number of nitrogens with two attached hydrogens (primary N) is 1. The van der Waals surface area contributed by atoms with Crippen LogP contribution in [0, 0.1) is 0 Å². The van der Waals surface area contributed by atoms with E-state index < -0.39 is 6.04 Å². The predicted octanol–water partition coefficient (Wildman–Crippen LogP) is 2.92. The second-order valence-electron chi connectivity index (χ2n) is 4.25. The molecular weight excluding hydrogens is 296 g/mol. The Morgan fingerprint density at radius 3 is 2.90 bits per heavy atom. The van der Waals surface area contributed by atoms with Crippen molar-refractivity contribution in [2.75, 3.05) is 23.9 Å². The largest absolute Gasteiger partial charge is 0.494 e. The minimum absolute atomic E-state index is 0. The zero-order valence-electron chi connectivity index (χ0n) is 11.9. The first kappa shape index (κ1) is 19.1. The van der Waals surface area contributed by atoms with Crippen LogP contribution in [0.1, 0.15) is 19.8 Å². The van der Waals surface area contributed by atoms with Crippen LogP contribution >= 0.6 is 24.2 Å². The lowest BCUT2D eigenvalue weighted by Gasteiger charge is -2.12. The molecule has 1 rings (SSSR count). The molecule has 20 heavy (non-hydrogen) atoms. The first-order valence-electron chi connectivity index (χ1n) is 6.45. The molecule has 1 aromatic carbocycles. The number of thioether (sulfide) groups is 1. The van der Waals surface area contributed by atoms with E-state index in [1.165, 1.54) is 0 Å². The molecule has 0 aliphatic rings. The van der Waals surface area contributed by atoms with Gasteiger partial charge in [0.2, 0.25) is 5.91 Å². The van der Waals surface area contributed by atoms with E-state index in [1.807, 2.05) is 30.5 Å². The summed E-state index contributed by atoms with van der Waals surface area (Å²) >= 11 is 1.69. The van der Waals surface area contributed by atoms with Crippen molar-refractivity contribution >= 4 is 35.8 Å². The minimum Gasteiger partial charge on any atom is -0.494 e. The third kappa shape index (κ3) is 7.03. The Morgan fingerprint density at radius 1 is 1.50 bits per heavy atom. The van der Waals surface area contributed by atoms with E-state index in [1.54, 1.807) is 11.8 Å². The third-order valence-corrected chi connectivity index (χ3v) is 3.19. The lowest BCUT2D eigenvalue weighted by molar-refractivity contribution is -0.117. The summed E-state index contributed by atoms with van der Waals surface area (Å²) in [6.45, 7) is 2.72. The van der Waals surface area contributed by atoms with Crippen LogP contribution in [0.2, 0.25) is 0 Å². The Hall–Kier alpha value is -0.910. The Morgan fingerprint density at radius 2 is 2.25 bits per heavy atom. The van der Waals surface area contributed by atoms with Crippen LogP contribution in [-0.4, -0.2) is 30.6 Å². The molecule has 0 aromatic heterocycles. The quantitative estimate of drug-likeness (QED) is 0.773. The van der Waals surface area contributed by atoms with E-state index >= 15 is 0 Å². The fraction of sp³-hybridized carbons (Fsp3) is 0.500. The number of amides is 1. The molecule has 0 saturated carbocycles. The highest BCUT2D eigenvalue weighted by atomic mass is 35.5. The van der Waals surface area contributed by atoms with Gasteiger partial charge in [0.15, 0.2) is 0 Å². The van der Waals surface area contributed by atoms with Gasteiger partial charge in [-0.15, -0.1) is 12.4 Å². The maximum Gasteiger partial charge on any atom is 0.241 e. The normalized spacial score (nSPS) is 11.3. The van der Waals surface area contributed by atoms with Gasteiger partial charge in [0.05, 0.1) is 12.6 Å². The predicted molar refractivity (Wildman–Crippen MR) is 89.1 cm³/mol. The zero-order chi connectivity index (χ0) is 14.1. The SMILES string of the molecule is CCCOc1cccc(NC(=O)[C@@H](N)CCSC)c1.Cl. The van der Waals surface area contributed by atoms with Crippen molar-refractivity contribution in [3.05, 3.63) is 24.3 Å². The van der Waals surface area contributed by atoms with Crippen LogP contribution in [0.15, 0.2) is 24.3 Å². The Bertz CT molecular complexity index is 405. The van der Waals surface area contributed by atoms with Crippen LogP contribution in [-0.2, 0) is 4.79 Å². The van der Waals surface area contributed by atoms with Gasteiger partial charge < -0.3 is 15.8 Å². The van der Waals surface area contributed by atoms with Gasteiger partial charge >= 0.3 is 0 Å². The van der Waals surface area contributed by atoms with Crippen molar-refractivity contribution in [2.45, 2.75) is 25.8 Å². The zero-order valence-corrected chi connectivity index (χ0v) is 13.6. The molecule has 0 radical (unpaired) electrons. The van der Waals surface area contributed by atoms with Crippen molar-refractivity contribution in [2.24, 2.45) is 5.73 Å². The van der Waals surface area contributed by atoms with Crippen molar-refractivity contribution in [3.63, 3.8) is 0 Å².